The number of fused-ring (bicyclic) bond motifs is 1. The predicted molar refractivity (Wildman–Crippen MR) is 111 cm³/mol. The second kappa shape index (κ2) is 9.02. The van der Waals surface area contributed by atoms with E-state index in [2.05, 4.69) is 0 Å². The van der Waals surface area contributed by atoms with Gasteiger partial charge in [0.15, 0.2) is 0 Å². The highest BCUT2D eigenvalue weighted by Gasteiger charge is 2.33. The van der Waals surface area contributed by atoms with Gasteiger partial charge in [-0.05, 0) is 31.5 Å². The smallest absolute Gasteiger partial charge is 0.326 e. The fourth-order valence-electron chi connectivity index (χ4n) is 3.30. The van der Waals surface area contributed by atoms with Crippen LogP contribution in [0.25, 0.3) is 0 Å². The van der Waals surface area contributed by atoms with E-state index in [1.807, 2.05) is 37.3 Å². The molecule has 1 aliphatic rings. The van der Waals surface area contributed by atoms with Crippen molar-refractivity contribution in [3.8, 4) is 0 Å². The number of benzene rings is 2. The summed E-state index contributed by atoms with van der Waals surface area (Å²) in [6.07, 6.45) is 1.39. The van der Waals surface area contributed by atoms with Gasteiger partial charge in [0.2, 0.25) is 0 Å². The summed E-state index contributed by atoms with van der Waals surface area (Å²) in [5, 5.41) is 0.542. The zero-order chi connectivity index (χ0) is 20.1. The van der Waals surface area contributed by atoms with Crippen molar-refractivity contribution < 1.29 is 14.3 Å². The summed E-state index contributed by atoms with van der Waals surface area (Å²) < 4.78 is 5.08. The molecule has 1 aliphatic heterocycles. The highest BCUT2D eigenvalue weighted by Crippen LogP contribution is 2.31. The lowest BCUT2D eigenvalue weighted by Gasteiger charge is -2.24. The number of amides is 1. The molecule has 5 nitrogen and oxygen atoms in total. The monoisotopic (exact) mass is 398 g/mol. The minimum Gasteiger partial charge on any atom is -0.465 e. The van der Waals surface area contributed by atoms with Crippen molar-refractivity contribution in [1.82, 2.24) is 0 Å². The third-order valence-corrected chi connectivity index (χ3v) is 4.78. The summed E-state index contributed by atoms with van der Waals surface area (Å²) in [6.45, 7) is 3.86. The van der Waals surface area contributed by atoms with Crippen LogP contribution in [0.1, 0.15) is 37.8 Å². The molecule has 0 saturated heterocycles. The lowest BCUT2D eigenvalue weighted by molar-refractivity contribution is -0.142. The maximum atomic E-state index is 13.3. The minimum atomic E-state index is -0.569. The molecule has 0 fully saturated rings. The van der Waals surface area contributed by atoms with Gasteiger partial charge < -0.3 is 4.74 Å². The van der Waals surface area contributed by atoms with Gasteiger partial charge in [0.25, 0.3) is 5.91 Å². The number of hydrogen-bond donors (Lipinski definition) is 0. The fourth-order valence-corrected chi connectivity index (χ4v) is 3.47. The summed E-state index contributed by atoms with van der Waals surface area (Å²) >= 11 is 6.27. The van der Waals surface area contributed by atoms with Gasteiger partial charge in [0.1, 0.15) is 12.6 Å². The molecule has 28 heavy (non-hydrogen) atoms. The molecule has 0 aliphatic carbocycles. The Morgan fingerprint density at radius 1 is 1.18 bits per heavy atom. The van der Waals surface area contributed by atoms with Crippen molar-refractivity contribution in [2.45, 2.75) is 32.7 Å². The van der Waals surface area contributed by atoms with Crippen molar-refractivity contribution >= 4 is 34.9 Å². The van der Waals surface area contributed by atoms with Gasteiger partial charge in [-0.2, -0.15) is 0 Å². The second-order valence-electron chi connectivity index (χ2n) is 6.54. The van der Waals surface area contributed by atoms with Gasteiger partial charge >= 0.3 is 5.97 Å². The maximum Gasteiger partial charge on any atom is 0.326 e. The molecule has 2 aromatic carbocycles. The normalized spacial score (nSPS) is 16.2. The van der Waals surface area contributed by atoms with Crippen LogP contribution >= 0.6 is 11.6 Å². The minimum absolute atomic E-state index is 0.154. The third kappa shape index (κ3) is 4.25. The summed E-state index contributed by atoms with van der Waals surface area (Å²) in [6, 6.07) is 14.4. The number of hydrogen-bond acceptors (Lipinski definition) is 4. The molecular formula is C22H23ClN2O3. The average molecular weight is 399 g/mol. The van der Waals surface area contributed by atoms with E-state index in [1.165, 1.54) is 4.90 Å². The van der Waals surface area contributed by atoms with Crippen LogP contribution in [0.3, 0.4) is 0 Å². The Labute approximate surface area is 170 Å². The van der Waals surface area contributed by atoms with E-state index in [4.69, 9.17) is 21.3 Å². The number of aliphatic imine (C=N–C) groups is 1. The zero-order valence-electron chi connectivity index (χ0n) is 16.0. The molecule has 0 aromatic heterocycles. The molecule has 1 atom stereocenters. The van der Waals surface area contributed by atoms with Gasteiger partial charge in [-0.25, -0.2) is 0 Å². The molecule has 0 saturated carbocycles. The molecule has 0 spiro atoms. The van der Waals surface area contributed by atoms with Crippen molar-refractivity contribution in [2.24, 2.45) is 4.99 Å². The summed E-state index contributed by atoms with van der Waals surface area (Å²) in [4.78, 5) is 31.8. The Balaban J connectivity index is 2.17. The molecule has 1 amide bonds. The number of nitrogens with zero attached hydrogens (tertiary/aromatic N) is 2. The fraction of sp³-hybridized carbons (Fsp3) is 0.318. The first-order valence-electron chi connectivity index (χ1n) is 9.45. The van der Waals surface area contributed by atoms with Gasteiger partial charge in [-0.15, -0.1) is 0 Å². The Morgan fingerprint density at radius 2 is 1.93 bits per heavy atom. The van der Waals surface area contributed by atoms with Crippen LogP contribution in [0, 0.1) is 0 Å². The molecule has 0 bridgehead atoms. The van der Waals surface area contributed by atoms with E-state index in [9.17, 15) is 9.59 Å². The molecule has 1 unspecified atom stereocenters. The van der Waals surface area contributed by atoms with Crippen LogP contribution < -0.4 is 4.90 Å². The van der Waals surface area contributed by atoms with Crippen LogP contribution in [0.15, 0.2) is 53.5 Å². The molecule has 3 rings (SSSR count). The van der Waals surface area contributed by atoms with E-state index >= 15 is 0 Å². The van der Waals surface area contributed by atoms with E-state index in [0.717, 1.165) is 17.5 Å². The second-order valence-corrected chi connectivity index (χ2v) is 6.98. The molecule has 0 N–H and O–H groups in total. The topological polar surface area (TPSA) is 59.0 Å². The molecular weight excluding hydrogens is 376 g/mol. The maximum absolute atomic E-state index is 13.3. The van der Waals surface area contributed by atoms with Crippen LogP contribution in [0.2, 0.25) is 5.02 Å². The van der Waals surface area contributed by atoms with Crippen molar-refractivity contribution in [1.29, 1.82) is 0 Å². The van der Waals surface area contributed by atoms with Gasteiger partial charge in [-0.1, -0.05) is 55.3 Å². The highest BCUT2D eigenvalue weighted by molar-refractivity contribution is 6.32. The van der Waals surface area contributed by atoms with E-state index < -0.39 is 12.0 Å². The molecule has 1 heterocycles. The first-order valence-corrected chi connectivity index (χ1v) is 9.83. The third-order valence-electron chi connectivity index (χ3n) is 4.54. The number of ether oxygens (including phenoxy) is 1. The van der Waals surface area contributed by atoms with E-state index in [0.29, 0.717) is 22.8 Å². The number of benzodiazepines with no additional fused rings is 1. The van der Waals surface area contributed by atoms with Gasteiger partial charge in [0.05, 0.1) is 18.0 Å². The van der Waals surface area contributed by atoms with Crippen LogP contribution in [-0.2, 0) is 14.3 Å². The lowest BCUT2D eigenvalue weighted by atomic mass is 10.00. The van der Waals surface area contributed by atoms with Gasteiger partial charge in [-0.3, -0.25) is 19.5 Å². The van der Waals surface area contributed by atoms with Crippen molar-refractivity contribution in [2.75, 3.05) is 18.1 Å². The zero-order valence-corrected chi connectivity index (χ0v) is 16.8. The number of carbonyl (C=O) groups is 2. The first-order chi connectivity index (χ1) is 13.5. The Hall–Kier alpha value is -2.66. The predicted octanol–water partition coefficient (Wildman–Crippen LogP) is 4.26. The average Bonchev–Trinajstić information content (AvgIpc) is 2.79. The number of carbonyl (C=O) groups excluding carboxylic acids is 2. The van der Waals surface area contributed by atoms with Gasteiger partial charge in [0, 0.05) is 16.1 Å². The Kier molecular flexibility index (Phi) is 6.47. The lowest BCUT2D eigenvalue weighted by Crippen LogP contribution is -2.41. The van der Waals surface area contributed by atoms with E-state index in [-0.39, 0.29) is 19.1 Å². The van der Waals surface area contributed by atoms with Crippen molar-refractivity contribution in [3.05, 3.63) is 64.7 Å². The van der Waals surface area contributed by atoms with Crippen molar-refractivity contribution in [3.63, 3.8) is 0 Å². The first kappa shape index (κ1) is 20.1. The molecule has 146 valence electrons. The summed E-state index contributed by atoms with van der Waals surface area (Å²) in [7, 11) is 0. The quantitative estimate of drug-likeness (QED) is 0.683. The highest BCUT2D eigenvalue weighted by atomic mass is 35.5. The number of rotatable bonds is 6. The summed E-state index contributed by atoms with van der Waals surface area (Å²) in [5.74, 6) is -0.653. The number of esters is 1. The molecule has 2 aromatic rings. The Bertz CT molecular complexity index is 896. The van der Waals surface area contributed by atoms with Crippen LogP contribution in [-0.4, -0.2) is 36.8 Å². The number of anilines is 1. The van der Waals surface area contributed by atoms with Crippen LogP contribution in [0.5, 0.6) is 0 Å². The standard InChI is InChI=1S/C22H23ClN2O3/c1-3-8-18-22(27)25(14-20(26)28-4-2)19-12-11-16(23)13-17(19)21(24-18)15-9-6-5-7-10-15/h5-7,9-13,18H,3-4,8,14H2,1-2H3. The van der Waals surface area contributed by atoms with E-state index in [1.54, 1.807) is 25.1 Å². The molecule has 6 heteroatoms. The summed E-state index contributed by atoms with van der Waals surface area (Å²) in [5.41, 5.74) is 2.95. The Morgan fingerprint density at radius 3 is 2.61 bits per heavy atom. The SMILES string of the molecule is CCCC1N=C(c2ccccc2)c2cc(Cl)ccc2N(CC(=O)OCC)C1=O. The molecule has 0 radical (unpaired) electrons. The van der Waals surface area contributed by atoms with Crippen LogP contribution in [0.4, 0.5) is 5.69 Å². The largest absolute Gasteiger partial charge is 0.465 e. The number of halogens is 1.